The van der Waals surface area contributed by atoms with E-state index in [-0.39, 0.29) is 28.4 Å². The molecule has 0 unspecified atom stereocenters. The van der Waals surface area contributed by atoms with Crippen molar-refractivity contribution in [1.29, 1.82) is 5.26 Å². The smallest absolute Gasteiger partial charge is 0.305 e. The van der Waals surface area contributed by atoms with Crippen molar-refractivity contribution in [2.45, 2.75) is 17.9 Å². The fraction of sp³-hybridized carbons (Fsp3) is 0.182. The van der Waals surface area contributed by atoms with Gasteiger partial charge in [-0.1, -0.05) is 0 Å². The van der Waals surface area contributed by atoms with Crippen molar-refractivity contribution in [2.75, 3.05) is 4.72 Å². The molecular formula is C11H10N4O4S2. The fourth-order valence-electron chi connectivity index (χ4n) is 1.47. The molecule has 110 valence electrons. The van der Waals surface area contributed by atoms with E-state index in [9.17, 15) is 13.2 Å². The Morgan fingerprint density at radius 3 is 3.00 bits per heavy atom. The van der Waals surface area contributed by atoms with Crippen LogP contribution >= 0.6 is 11.3 Å². The molecule has 21 heavy (non-hydrogen) atoms. The zero-order valence-electron chi connectivity index (χ0n) is 10.6. The zero-order chi connectivity index (χ0) is 15.5. The fourth-order valence-corrected chi connectivity index (χ4v) is 3.49. The van der Waals surface area contributed by atoms with E-state index in [0.29, 0.717) is 0 Å². The first kappa shape index (κ1) is 15.0. The summed E-state index contributed by atoms with van der Waals surface area (Å²) in [4.78, 5) is 10.4. The number of hydrogen-bond acceptors (Lipinski definition) is 6. The van der Waals surface area contributed by atoms with Gasteiger partial charge >= 0.3 is 5.97 Å². The number of aromatic nitrogens is 2. The van der Waals surface area contributed by atoms with E-state index in [2.05, 4.69) is 9.82 Å². The number of carboxylic acid groups (broad SMARTS) is 1. The minimum atomic E-state index is -3.86. The summed E-state index contributed by atoms with van der Waals surface area (Å²) in [7, 11) is -3.86. The molecule has 8 nitrogen and oxygen atoms in total. The Balaban J connectivity index is 2.17. The minimum absolute atomic E-state index is 0.0767. The summed E-state index contributed by atoms with van der Waals surface area (Å²) in [6.07, 6.45) is 2.22. The molecule has 0 aliphatic rings. The molecule has 0 aliphatic carbocycles. The third kappa shape index (κ3) is 3.59. The van der Waals surface area contributed by atoms with Gasteiger partial charge in [0.05, 0.1) is 24.7 Å². The maximum absolute atomic E-state index is 12.1. The number of carboxylic acids is 1. The number of carbonyl (C=O) groups is 1. The van der Waals surface area contributed by atoms with Crippen LogP contribution in [0.5, 0.6) is 0 Å². The summed E-state index contributed by atoms with van der Waals surface area (Å²) in [5.74, 6) is -0.995. The lowest BCUT2D eigenvalue weighted by molar-refractivity contribution is -0.137. The number of aryl methyl sites for hydroxylation is 1. The molecule has 2 heterocycles. The second-order valence-corrected chi connectivity index (χ2v) is 6.56. The van der Waals surface area contributed by atoms with Gasteiger partial charge in [0.2, 0.25) is 0 Å². The highest BCUT2D eigenvalue weighted by Gasteiger charge is 2.19. The molecule has 0 aliphatic heterocycles. The molecule has 0 bridgehead atoms. The largest absolute Gasteiger partial charge is 0.481 e. The zero-order valence-corrected chi connectivity index (χ0v) is 12.2. The maximum atomic E-state index is 12.1. The average Bonchev–Trinajstić information content (AvgIpc) is 3.04. The van der Waals surface area contributed by atoms with Gasteiger partial charge in [-0.2, -0.15) is 10.4 Å². The summed E-state index contributed by atoms with van der Waals surface area (Å²) >= 11 is 1.10. The number of hydrogen-bond donors (Lipinski definition) is 2. The van der Waals surface area contributed by atoms with Crippen LogP contribution in [0.1, 0.15) is 12.0 Å². The number of nitriles is 1. The molecule has 2 N–H and O–H groups in total. The SMILES string of the molecule is N#Cc1ccsc1NS(=O)(=O)c1cnn(CCC(=O)O)c1. The van der Waals surface area contributed by atoms with Crippen LogP contribution in [-0.4, -0.2) is 29.3 Å². The van der Waals surface area contributed by atoms with Gasteiger partial charge in [0, 0.05) is 6.20 Å². The van der Waals surface area contributed by atoms with Crippen molar-refractivity contribution in [1.82, 2.24) is 9.78 Å². The molecule has 2 rings (SSSR count). The van der Waals surface area contributed by atoms with Gasteiger partial charge in [-0.15, -0.1) is 11.3 Å². The van der Waals surface area contributed by atoms with Crippen LogP contribution in [-0.2, 0) is 21.4 Å². The molecule has 0 atom stereocenters. The van der Waals surface area contributed by atoms with Gasteiger partial charge in [0.1, 0.15) is 16.0 Å². The summed E-state index contributed by atoms with van der Waals surface area (Å²) in [5.41, 5.74) is 0.238. The highest BCUT2D eigenvalue weighted by Crippen LogP contribution is 2.25. The first-order chi connectivity index (χ1) is 9.92. The normalized spacial score (nSPS) is 11.0. The number of nitrogens with one attached hydrogen (secondary N) is 1. The minimum Gasteiger partial charge on any atom is -0.481 e. The molecule has 0 radical (unpaired) electrons. The van der Waals surface area contributed by atoms with Gasteiger partial charge < -0.3 is 5.11 Å². The first-order valence-electron chi connectivity index (χ1n) is 5.67. The summed E-state index contributed by atoms with van der Waals surface area (Å²) in [6.45, 7) is 0.0767. The van der Waals surface area contributed by atoms with Crippen LogP contribution < -0.4 is 4.72 Å². The lowest BCUT2D eigenvalue weighted by Crippen LogP contribution is -2.12. The number of nitrogens with zero attached hydrogens (tertiary/aromatic N) is 3. The quantitative estimate of drug-likeness (QED) is 0.818. The van der Waals surface area contributed by atoms with E-state index in [1.165, 1.54) is 16.9 Å². The molecule has 2 aromatic rings. The second-order valence-electron chi connectivity index (χ2n) is 3.96. The number of anilines is 1. The highest BCUT2D eigenvalue weighted by atomic mass is 32.2. The topological polar surface area (TPSA) is 125 Å². The maximum Gasteiger partial charge on any atom is 0.305 e. The third-order valence-electron chi connectivity index (χ3n) is 2.49. The van der Waals surface area contributed by atoms with E-state index in [1.807, 2.05) is 6.07 Å². The molecule has 0 amide bonds. The molecule has 0 saturated carbocycles. The second kappa shape index (κ2) is 5.94. The van der Waals surface area contributed by atoms with Crippen molar-refractivity contribution in [2.24, 2.45) is 0 Å². The van der Waals surface area contributed by atoms with Crippen molar-refractivity contribution in [3.8, 4) is 6.07 Å². The highest BCUT2D eigenvalue weighted by molar-refractivity contribution is 7.93. The molecule has 0 saturated heterocycles. The van der Waals surface area contributed by atoms with Crippen LogP contribution in [0.3, 0.4) is 0 Å². The molecule has 2 aromatic heterocycles. The lowest BCUT2D eigenvalue weighted by Gasteiger charge is -2.03. The van der Waals surface area contributed by atoms with Crippen molar-refractivity contribution < 1.29 is 18.3 Å². The molecule has 0 fully saturated rings. The Morgan fingerprint density at radius 2 is 2.33 bits per heavy atom. The number of aliphatic carboxylic acids is 1. The number of thiophene rings is 1. The summed E-state index contributed by atoms with van der Waals surface area (Å²) < 4.78 is 27.8. The predicted octanol–water partition coefficient (Wildman–Crippen LogP) is 1.09. The first-order valence-corrected chi connectivity index (χ1v) is 8.03. The van der Waals surface area contributed by atoms with E-state index < -0.39 is 16.0 Å². The van der Waals surface area contributed by atoms with Crippen molar-refractivity contribution in [3.63, 3.8) is 0 Å². The average molecular weight is 326 g/mol. The number of rotatable bonds is 6. The van der Waals surface area contributed by atoms with Gasteiger partial charge in [0.15, 0.2) is 0 Å². The van der Waals surface area contributed by atoms with E-state index in [4.69, 9.17) is 10.4 Å². The van der Waals surface area contributed by atoms with Crippen LogP contribution in [0.25, 0.3) is 0 Å². The number of sulfonamides is 1. The lowest BCUT2D eigenvalue weighted by atomic mass is 10.4. The molecule has 0 aromatic carbocycles. The standard InChI is InChI=1S/C11H10N4O4S2/c12-5-8-2-4-20-11(8)14-21(18,19)9-6-13-15(7-9)3-1-10(16)17/h2,4,6-7,14H,1,3H2,(H,16,17). The molecular weight excluding hydrogens is 316 g/mol. The predicted molar refractivity (Wildman–Crippen MR) is 74.3 cm³/mol. The van der Waals surface area contributed by atoms with Crippen LogP contribution in [0.15, 0.2) is 28.7 Å². The Bertz CT molecular complexity index is 800. The Hall–Kier alpha value is -2.38. The van der Waals surface area contributed by atoms with Crippen LogP contribution in [0.2, 0.25) is 0 Å². The van der Waals surface area contributed by atoms with Crippen LogP contribution in [0.4, 0.5) is 5.00 Å². The Morgan fingerprint density at radius 1 is 1.57 bits per heavy atom. The van der Waals surface area contributed by atoms with E-state index >= 15 is 0 Å². The van der Waals surface area contributed by atoms with Gasteiger partial charge in [-0.05, 0) is 11.4 Å². The third-order valence-corrected chi connectivity index (χ3v) is 4.75. The van der Waals surface area contributed by atoms with E-state index in [0.717, 1.165) is 17.5 Å². The van der Waals surface area contributed by atoms with Crippen LogP contribution in [0, 0.1) is 11.3 Å². The summed E-state index contributed by atoms with van der Waals surface area (Å²) in [6, 6.07) is 3.40. The molecule has 0 spiro atoms. The Labute approximate surface area is 124 Å². The van der Waals surface area contributed by atoms with Gasteiger partial charge in [0.25, 0.3) is 10.0 Å². The molecule has 10 heteroatoms. The van der Waals surface area contributed by atoms with Crippen molar-refractivity contribution >= 4 is 32.3 Å². The summed E-state index contributed by atoms with van der Waals surface area (Å²) in [5, 5.41) is 23.1. The van der Waals surface area contributed by atoms with Gasteiger partial charge in [-0.3, -0.25) is 14.2 Å². The van der Waals surface area contributed by atoms with Gasteiger partial charge in [-0.25, -0.2) is 8.42 Å². The van der Waals surface area contributed by atoms with E-state index in [1.54, 1.807) is 5.38 Å². The monoisotopic (exact) mass is 326 g/mol. The van der Waals surface area contributed by atoms with Crippen molar-refractivity contribution in [3.05, 3.63) is 29.4 Å². The Kier molecular flexibility index (Phi) is 4.25.